The van der Waals surface area contributed by atoms with E-state index in [9.17, 15) is 4.79 Å². The lowest BCUT2D eigenvalue weighted by atomic mass is 10.2. The number of carbonyl (C=O) groups is 1. The summed E-state index contributed by atoms with van der Waals surface area (Å²) in [5, 5.41) is 0. The minimum atomic E-state index is 0.0496. The molecule has 0 bridgehead atoms. The third-order valence-electron chi connectivity index (χ3n) is 3.24. The van der Waals surface area contributed by atoms with Gasteiger partial charge in [0.05, 0.1) is 6.54 Å². The van der Waals surface area contributed by atoms with Gasteiger partial charge in [-0.05, 0) is 30.7 Å². The van der Waals surface area contributed by atoms with E-state index >= 15 is 0 Å². The van der Waals surface area contributed by atoms with Gasteiger partial charge in [0.1, 0.15) is 0 Å². The smallest absolute Gasteiger partial charge is 0.259 e. The van der Waals surface area contributed by atoms with E-state index in [4.69, 9.17) is 0 Å². The minimum absolute atomic E-state index is 0.0496. The molecule has 1 aromatic carbocycles. The summed E-state index contributed by atoms with van der Waals surface area (Å²) in [6.07, 6.45) is 3.43. The van der Waals surface area contributed by atoms with E-state index in [1.165, 1.54) is 0 Å². The Labute approximate surface area is 114 Å². The second-order valence-electron chi connectivity index (χ2n) is 4.31. The second kappa shape index (κ2) is 4.21. The molecule has 0 saturated carbocycles. The maximum absolute atomic E-state index is 12.3. The van der Waals surface area contributed by atoms with E-state index in [0.717, 1.165) is 26.9 Å². The molecule has 1 aliphatic heterocycles. The number of carbonyl (C=O) groups excluding carboxylic acids is 1. The SMILES string of the molecule is Cc1c(Br)cccc1N1Cc2cnccc2C1=O. The molecule has 1 aromatic heterocycles. The Kier molecular flexibility index (Phi) is 2.67. The maximum atomic E-state index is 12.3. The van der Waals surface area contributed by atoms with E-state index in [0.29, 0.717) is 6.54 Å². The van der Waals surface area contributed by atoms with Crippen LogP contribution >= 0.6 is 15.9 Å². The van der Waals surface area contributed by atoms with Gasteiger partial charge in [-0.3, -0.25) is 9.78 Å². The van der Waals surface area contributed by atoms with Crippen molar-refractivity contribution in [3.05, 3.63) is 57.8 Å². The van der Waals surface area contributed by atoms with Gasteiger partial charge in [0.2, 0.25) is 0 Å². The Balaban J connectivity index is 2.07. The van der Waals surface area contributed by atoms with Gasteiger partial charge < -0.3 is 4.90 Å². The molecule has 0 saturated heterocycles. The average molecular weight is 303 g/mol. The Hall–Kier alpha value is -1.68. The van der Waals surface area contributed by atoms with Crippen molar-refractivity contribution in [2.45, 2.75) is 13.5 Å². The van der Waals surface area contributed by atoms with E-state index in [1.807, 2.05) is 25.1 Å². The van der Waals surface area contributed by atoms with Crippen molar-refractivity contribution in [3.63, 3.8) is 0 Å². The molecule has 0 unspecified atom stereocenters. The van der Waals surface area contributed by atoms with E-state index in [2.05, 4.69) is 20.9 Å². The molecule has 3 nitrogen and oxygen atoms in total. The van der Waals surface area contributed by atoms with Gasteiger partial charge in [-0.25, -0.2) is 0 Å². The van der Waals surface area contributed by atoms with Crippen LogP contribution in [0.25, 0.3) is 0 Å². The number of rotatable bonds is 1. The largest absolute Gasteiger partial charge is 0.304 e. The summed E-state index contributed by atoms with van der Waals surface area (Å²) in [5.41, 5.74) is 3.77. The van der Waals surface area contributed by atoms with Crippen LogP contribution in [0.4, 0.5) is 5.69 Å². The summed E-state index contributed by atoms with van der Waals surface area (Å²) in [5.74, 6) is 0.0496. The fraction of sp³-hybridized carbons (Fsp3) is 0.143. The number of nitrogens with zero attached hydrogens (tertiary/aromatic N) is 2. The van der Waals surface area contributed by atoms with Crippen LogP contribution < -0.4 is 4.90 Å². The fourth-order valence-corrected chi connectivity index (χ4v) is 2.59. The van der Waals surface area contributed by atoms with Gasteiger partial charge in [-0.1, -0.05) is 22.0 Å². The quantitative estimate of drug-likeness (QED) is 0.810. The first-order chi connectivity index (χ1) is 8.68. The normalized spacial score (nSPS) is 13.9. The van der Waals surface area contributed by atoms with Crippen molar-refractivity contribution in [2.24, 2.45) is 0 Å². The molecular formula is C14H11BrN2O. The summed E-state index contributed by atoms with van der Waals surface area (Å²) < 4.78 is 1.02. The highest BCUT2D eigenvalue weighted by Crippen LogP contribution is 2.32. The second-order valence-corrected chi connectivity index (χ2v) is 5.16. The van der Waals surface area contributed by atoms with Crippen molar-refractivity contribution in [3.8, 4) is 0 Å². The summed E-state index contributed by atoms with van der Waals surface area (Å²) in [6, 6.07) is 7.68. The van der Waals surface area contributed by atoms with Crippen molar-refractivity contribution in [1.29, 1.82) is 0 Å². The number of anilines is 1. The van der Waals surface area contributed by atoms with Crippen molar-refractivity contribution >= 4 is 27.5 Å². The zero-order valence-electron chi connectivity index (χ0n) is 9.85. The molecule has 0 N–H and O–H groups in total. The van der Waals surface area contributed by atoms with E-state index in [1.54, 1.807) is 23.4 Å². The number of hydrogen-bond acceptors (Lipinski definition) is 2. The van der Waals surface area contributed by atoms with Crippen LogP contribution in [-0.4, -0.2) is 10.9 Å². The monoisotopic (exact) mass is 302 g/mol. The zero-order valence-corrected chi connectivity index (χ0v) is 11.4. The molecule has 18 heavy (non-hydrogen) atoms. The van der Waals surface area contributed by atoms with Crippen LogP contribution in [0.5, 0.6) is 0 Å². The number of hydrogen-bond donors (Lipinski definition) is 0. The van der Waals surface area contributed by atoms with Crippen LogP contribution in [0.15, 0.2) is 41.1 Å². The Morgan fingerprint density at radius 1 is 1.33 bits per heavy atom. The van der Waals surface area contributed by atoms with Gasteiger partial charge in [-0.15, -0.1) is 0 Å². The average Bonchev–Trinajstić information content (AvgIpc) is 2.71. The van der Waals surface area contributed by atoms with Gasteiger partial charge in [0, 0.05) is 33.7 Å². The summed E-state index contributed by atoms with van der Waals surface area (Å²) >= 11 is 3.50. The molecule has 0 aliphatic carbocycles. The minimum Gasteiger partial charge on any atom is -0.304 e. The predicted molar refractivity (Wildman–Crippen MR) is 73.6 cm³/mol. The molecule has 0 spiro atoms. The van der Waals surface area contributed by atoms with E-state index in [-0.39, 0.29) is 5.91 Å². The third kappa shape index (κ3) is 1.64. The topological polar surface area (TPSA) is 33.2 Å². The van der Waals surface area contributed by atoms with Crippen molar-refractivity contribution in [1.82, 2.24) is 4.98 Å². The highest BCUT2D eigenvalue weighted by molar-refractivity contribution is 9.10. The first-order valence-corrected chi connectivity index (χ1v) is 6.47. The Morgan fingerprint density at radius 2 is 2.17 bits per heavy atom. The maximum Gasteiger partial charge on any atom is 0.259 e. The standard InChI is InChI=1S/C14H11BrN2O/c1-9-12(15)3-2-4-13(9)17-8-10-7-16-6-5-11(10)14(17)18/h2-7H,8H2,1H3. The van der Waals surface area contributed by atoms with Gasteiger partial charge in [0.25, 0.3) is 5.91 Å². The Morgan fingerprint density at radius 3 is 2.94 bits per heavy atom. The lowest BCUT2D eigenvalue weighted by molar-refractivity contribution is 0.0996. The molecule has 2 heterocycles. The number of fused-ring (bicyclic) bond motifs is 1. The Bertz CT molecular complexity index is 639. The van der Waals surface area contributed by atoms with Gasteiger partial charge in [0.15, 0.2) is 0 Å². The molecule has 3 rings (SSSR count). The number of halogens is 1. The first-order valence-electron chi connectivity index (χ1n) is 5.68. The molecule has 4 heteroatoms. The summed E-state index contributed by atoms with van der Waals surface area (Å²) in [7, 11) is 0. The lowest BCUT2D eigenvalue weighted by Gasteiger charge is -2.18. The number of benzene rings is 1. The fourth-order valence-electron chi connectivity index (χ4n) is 2.23. The van der Waals surface area contributed by atoms with Crippen molar-refractivity contribution in [2.75, 3.05) is 4.90 Å². The third-order valence-corrected chi connectivity index (χ3v) is 4.10. The first kappa shape index (κ1) is 11.4. The van der Waals surface area contributed by atoms with Crippen LogP contribution in [0.2, 0.25) is 0 Å². The van der Waals surface area contributed by atoms with Gasteiger partial charge in [-0.2, -0.15) is 0 Å². The predicted octanol–water partition coefficient (Wildman–Crippen LogP) is 3.31. The molecule has 90 valence electrons. The highest BCUT2D eigenvalue weighted by atomic mass is 79.9. The van der Waals surface area contributed by atoms with Crippen molar-refractivity contribution < 1.29 is 4.79 Å². The molecular weight excluding hydrogens is 292 g/mol. The highest BCUT2D eigenvalue weighted by Gasteiger charge is 2.29. The zero-order chi connectivity index (χ0) is 12.7. The molecule has 2 aromatic rings. The number of aromatic nitrogens is 1. The molecule has 0 fully saturated rings. The molecule has 1 aliphatic rings. The summed E-state index contributed by atoms with van der Waals surface area (Å²) in [6.45, 7) is 2.60. The van der Waals surface area contributed by atoms with Crippen LogP contribution in [0.3, 0.4) is 0 Å². The molecule has 0 radical (unpaired) electrons. The summed E-state index contributed by atoms with van der Waals surface area (Å²) in [4.78, 5) is 18.2. The number of amides is 1. The lowest BCUT2D eigenvalue weighted by Crippen LogP contribution is -2.23. The van der Waals surface area contributed by atoms with E-state index < -0.39 is 0 Å². The van der Waals surface area contributed by atoms with Gasteiger partial charge >= 0.3 is 0 Å². The van der Waals surface area contributed by atoms with Crippen LogP contribution in [0, 0.1) is 6.92 Å². The van der Waals surface area contributed by atoms with Crippen LogP contribution in [0.1, 0.15) is 21.5 Å². The molecule has 0 atom stereocenters. The molecule has 1 amide bonds. The van der Waals surface area contributed by atoms with Crippen LogP contribution in [-0.2, 0) is 6.54 Å². The number of pyridine rings is 1.